The number of hydrogen-bond acceptors (Lipinski definition) is 2. The number of nitrogens with zero attached hydrogens (tertiary/aromatic N) is 1. The maximum absolute atomic E-state index is 6.34. The summed E-state index contributed by atoms with van der Waals surface area (Å²) in [6.45, 7) is 5.80. The van der Waals surface area contributed by atoms with Gasteiger partial charge in [0.1, 0.15) is 0 Å². The van der Waals surface area contributed by atoms with Crippen LogP contribution in [0.25, 0.3) is 0 Å². The Morgan fingerprint density at radius 1 is 1.12 bits per heavy atom. The minimum Gasteiger partial charge on any atom is -0.326 e. The van der Waals surface area contributed by atoms with E-state index in [2.05, 4.69) is 18.7 Å². The van der Waals surface area contributed by atoms with Crippen molar-refractivity contribution in [2.75, 3.05) is 6.54 Å². The standard InChI is InChI=1S/C14H28N2/c1-3-5-11-6-9-13(15)14(10-11)16(4-2)12-7-8-12/h11-14H,3-10,15H2,1-2H3. The van der Waals surface area contributed by atoms with Crippen molar-refractivity contribution in [1.29, 1.82) is 0 Å². The van der Waals surface area contributed by atoms with Gasteiger partial charge in [0.05, 0.1) is 0 Å². The highest BCUT2D eigenvalue weighted by atomic mass is 15.2. The monoisotopic (exact) mass is 224 g/mol. The second-order valence-electron chi connectivity index (χ2n) is 5.76. The van der Waals surface area contributed by atoms with Gasteiger partial charge in [0.2, 0.25) is 0 Å². The molecule has 0 aromatic carbocycles. The van der Waals surface area contributed by atoms with Crippen LogP contribution in [-0.4, -0.2) is 29.6 Å². The Balaban J connectivity index is 1.93. The quantitative estimate of drug-likeness (QED) is 0.778. The van der Waals surface area contributed by atoms with Gasteiger partial charge in [0.25, 0.3) is 0 Å². The van der Waals surface area contributed by atoms with E-state index in [1.165, 1.54) is 51.5 Å². The summed E-state index contributed by atoms with van der Waals surface area (Å²) >= 11 is 0. The van der Waals surface area contributed by atoms with E-state index in [-0.39, 0.29) is 0 Å². The van der Waals surface area contributed by atoms with E-state index in [9.17, 15) is 0 Å². The van der Waals surface area contributed by atoms with Crippen LogP contribution in [0.4, 0.5) is 0 Å². The maximum atomic E-state index is 6.34. The molecule has 0 aromatic rings. The van der Waals surface area contributed by atoms with Crippen LogP contribution in [0.5, 0.6) is 0 Å². The van der Waals surface area contributed by atoms with Crippen molar-refractivity contribution in [3.05, 3.63) is 0 Å². The Morgan fingerprint density at radius 3 is 2.44 bits per heavy atom. The Kier molecular flexibility index (Phi) is 4.26. The number of rotatable bonds is 5. The lowest BCUT2D eigenvalue weighted by molar-refractivity contribution is 0.106. The van der Waals surface area contributed by atoms with E-state index in [1.54, 1.807) is 0 Å². The van der Waals surface area contributed by atoms with E-state index < -0.39 is 0 Å². The minimum atomic E-state index is 0.439. The highest BCUT2D eigenvalue weighted by Gasteiger charge is 2.38. The molecule has 2 nitrogen and oxygen atoms in total. The number of likely N-dealkylation sites (N-methyl/N-ethyl adjacent to an activating group) is 1. The van der Waals surface area contributed by atoms with E-state index in [0.717, 1.165) is 12.0 Å². The van der Waals surface area contributed by atoms with Crippen molar-refractivity contribution in [2.45, 2.75) is 76.9 Å². The maximum Gasteiger partial charge on any atom is 0.0252 e. The summed E-state index contributed by atoms with van der Waals surface area (Å²) in [6, 6.07) is 2.00. The summed E-state index contributed by atoms with van der Waals surface area (Å²) < 4.78 is 0. The molecule has 0 spiro atoms. The van der Waals surface area contributed by atoms with Crippen LogP contribution in [0.15, 0.2) is 0 Å². The van der Waals surface area contributed by atoms with Gasteiger partial charge in [-0.3, -0.25) is 4.90 Å². The van der Waals surface area contributed by atoms with Crippen molar-refractivity contribution in [2.24, 2.45) is 11.7 Å². The first-order valence-electron chi connectivity index (χ1n) is 7.27. The summed E-state index contributed by atoms with van der Waals surface area (Å²) in [5, 5.41) is 0. The van der Waals surface area contributed by atoms with Crippen molar-refractivity contribution >= 4 is 0 Å². The largest absolute Gasteiger partial charge is 0.326 e. The predicted molar refractivity (Wildman–Crippen MR) is 69.4 cm³/mol. The van der Waals surface area contributed by atoms with Gasteiger partial charge in [-0.1, -0.05) is 26.7 Å². The molecule has 2 N–H and O–H groups in total. The van der Waals surface area contributed by atoms with Gasteiger partial charge in [-0.05, 0) is 44.6 Å². The third-order valence-corrected chi connectivity index (χ3v) is 4.48. The van der Waals surface area contributed by atoms with Crippen LogP contribution >= 0.6 is 0 Å². The van der Waals surface area contributed by atoms with Crippen molar-refractivity contribution in [3.63, 3.8) is 0 Å². The predicted octanol–water partition coefficient (Wildman–Crippen LogP) is 2.77. The van der Waals surface area contributed by atoms with Gasteiger partial charge >= 0.3 is 0 Å². The molecule has 2 heteroatoms. The molecule has 2 saturated carbocycles. The molecule has 0 radical (unpaired) electrons. The zero-order chi connectivity index (χ0) is 11.5. The molecular weight excluding hydrogens is 196 g/mol. The van der Waals surface area contributed by atoms with Gasteiger partial charge in [0.15, 0.2) is 0 Å². The van der Waals surface area contributed by atoms with E-state index >= 15 is 0 Å². The van der Waals surface area contributed by atoms with Crippen molar-refractivity contribution in [3.8, 4) is 0 Å². The third-order valence-electron chi connectivity index (χ3n) is 4.48. The number of nitrogens with two attached hydrogens (primary N) is 1. The molecule has 2 aliphatic rings. The van der Waals surface area contributed by atoms with E-state index in [4.69, 9.17) is 5.73 Å². The zero-order valence-electron chi connectivity index (χ0n) is 11.0. The van der Waals surface area contributed by atoms with Crippen LogP contribution in [-0.2, 0) is 0 Å². The first kappa shape index (κ1) is 12.4. The summed E-state index contributed by atoms with van der Waals surface area (Å²) in [5.41, 5.74) is 6.34. The SMILES string of the molecule is CCCC1CCC(N)C(N(CC)C2CC2)C1. The van der Waals surface area contributed by atoms with Gasteiger partial charge in [-0.25, -0.2) is 0 Å². The van der Waals surface area contributed by atoms with Crippen LogP contribution in [0.3, 0.4) is 0 Å². The van der Waals surface area contributed by atoms with Crippen LogP contribution in [0.2, 0.25) is 0 Å². The average Bonchev–Trinajstić information content (AvgIpc) is 3.08. The molecular formula is C14H28N2. The zero-order valence-corrected chi connectivity index (χ0v) is 11.0. The van der Waals surface area contributed by atoms with Crippen LogP contribution in [0.1, 0.15) is 58.8 Å². The Hall–Kier alpha value is -0.0800. The molecule has 2 fully saturated rings. The summed E-state index contributed by atoms with van der Waals surface area (Å²) in [6.07, 6.45) is 9.55. The molecule has 0 aliphatic heterocycles. The Bertz CT molecular complexity index is 213. The lowest BCUT2D eigenvalue weighted by Gasteiger charge is -2.41. The third kappa shape index (κ3) is 2.78. The molecule has 3 atom stereocenters. The lowest BCUT2D eigenvalue weighted by Crippen LogP contribution is -2.52. The van der Waals surface area contributed by atoms with E-state index in [1.807, 2.05) is 0 Å². The van der Waals surface area contributed by atoms with Gasteiger partial charge in [-0.2, -0.15) is 0 Å². The second-order valence-corrected chi connectivity index (χ2v) is 5.76. The first-order chi connectivity index (χ1) is 7.76. The molecule has 3 unspecified atom stereocenters. The Morgan fingerprint density at radius 2 is 1.88 bits per heavy atom. The highest BCUT2D eigenvalue weighted by molar-refractivity contribution is 4.95. The van der Waals surface area contributed by atoms with Crippen molar-refractivity contribution in [1.82, 2.24) is 4.90 Å². The first-order valence-corrected chi connectivity index (χ1v) is 7.27. The van der Waals surface area contributed by atoms with E-state index in [0.29, 0.717) is 12.1 Å². The molecule has 0 heterocycles. The smallest absolute Gasteiger partial charge is 0.0252 e. The average molecular weight is 224 g/mol. The summed E-state index contributed by atoms with van der Waals surface area (Å²) in [4.78, 5) is 2.70. The normalized spacial score (nSPS) is 35.6. The fraction of sp³-hybridized carbons (Fsp3) is 1.00. The molecule has 94 valence electrons. The second kappa shape index (κ2) is 5.50. The molecule has 0 aromatic heterocycles. The van der Waals surface area contributed by atoms with Gasteiger partial charge in [0, 0.05) is 18.1 Å². The molecule has 0 amide bonds. The summed E-state index contributed by atoms with van der Waals surface area (Å²) in [7, 11) is 0. The summed E-state index contributed by atoms with van der Waals surface area (Å²) in [5.74, 6) is 0.947. The fourth-order valence-corrected chi connectivity index (χ4v) is 3.48. The Labute approximate surface area is 101 Å². The number of hydrogen-bond donors (Lipinski definition) is 1. The van der Waals surface area contributed by atoms with Crippen molar-refractivity contribution < 1.29 is 0 Å². The molecule has 2 aliphatic carbocycles. The van der Waals surface area contributed by atoms with Gasteiger partial charge in [-0.15, -0.1) is 0 Å². The topological polar surface area (TPSA) is 29.3 Å². The molecule has 16 heavy (non-hydrogen) atoms. The highest BCUT2D eigenvalue weighted by Crippen LogP contribution is 2.36. The van der Waals surface area contributed by atoms with Gasteiger partial charge < -0.3 is 5.73 Å². The van der Waals surface area contributed by atoms with Crippen LogP contribution in [0, 0.1) is 5.92 Å². The van der Waals surface area contributed by atoms with Crippen LogP contribution < -0.4 is 5.73 Å². The lowest BCUT2D eigenvalue weighted by atomic mass is 9.80. The minimum absolute atomic E-state index is 0.439. The fourth-order valence-electron chi connectivity index (χ4n) is 3.48. The molecule has 0 saturated heterocycles. The molecule has 2 rings (SSSR count). The molecule has 0 bridgehead atoms.